The molecule has 1 rings (SSSR count). The molecule has 112 valence electrons. The summed E-state index contributed by atoms with van der Waals surface area (Å²) in [5.41, 5.74) is 1.54. The molecule has 0 aliphatic rings. The first kappa shape index (κ1) is 16.4. The van der Waals surface area contributed by atoms with Gasteiger partial charge in [-0.15, -0.1) is 0 Å². The number of hydrogen-bond donors (Lipinski definition) is 2. The zero-order valence-corrected chi connectivity index (χ0v) is 12.8. The van der Waals surface area contributed by atoms with Crippen LogP contribution in [0.25, 0.3) is 0 Å². The monoisotopic (exact) mass is 279 g/mol. The van der Waals surface area contributed by atoms with E-state index in [0.717, 1.165) is 24.5 Å². The molecule has 1 aromatic rings. The predicted octanol–water partition coefficient (Wildman–Crippen LogP) is 2.23. The van der Waals surface area contributed by atoms with E-state index in [1.807, 2.05) is 33.8 Å². The van der Waals surface area contributed by atoms with Gasteiger partial charge in [0.1, 0.15) is 5.82 Å². The van der Waals surface area contributed by atoms with Crippen LogP contribution in [0.1, 0.15) is 43.7 Å². The van der Waals surface area contributed by atoms with Gasteiger partial charge in [0, 0.05) is 31.0 Å². The Morgan fingerprint density at radius 1 is 1.35 bits per heavy atom. The summed E-state index contributed by atoms with van der Waals surface area (Å²) >= 11 is 0. The molecule has 0 bridgehead atoms. The lowest BCUT2D eigenvalue weighted by Gasteiger charge is -2.13. The highest BCUT2D eigenvalue weighted by atomic mass is 16.5. The van der Waals surface area contributed by atoms with Gasteiger partial charge in [-0.05, 0) is 39.3 Å². The van der Waals surface area contributed by atoms with Crippen molar-refractivity contribution in [2.75, 3.05) is 25.0 Å². The molecule has 0 aliphatic carbocycles. The molecule has 1 unspecified atom stereocenters. The number of aryl methyl sites for hydroxylation is 1. The zero-order valence-electron chi connectivity index (χ0n) is 12.8. The van der Waals surface area contributed by atoms with Gasteiger partial charge in [0.25, 0.3) is 5.91 Å². The van der Waals surface area contributed by atoms with Crippen molar-refractivity contribution in [1.29, 1.82) is 0 Å². The lowest BCUT2D eigenvalue weighted by atomic mass is 10.1. The van der Waals surface area contributed by atoms with Crippen LogP contribution < -0.4 is 10.6 Å². The molecule has 0 saturated carbocycles. The van der Waals surface area contributed by atoms with Crippen molar-refractivity contribution >= 4 is 11.7 Å². The normalized spacial score (nSPS) is 12.0. The summed E-state index contributed by atoms with van der Waals surface area (Å²) in [5.74, 6) is 0.655. The third-order valence-electron chi connectivity index (χ3n) is 2.86. The largest absolute Gasteiger partial charge is 0.377 e. The number of nitrogens with zero attached hydrogens (tertiary/aromatic N) is 1. The fraction of sp³-hybridized carbons (Fsp3) is 0.600. The van der Waals surface area contributed by atoms with E-state index in [2.05, 4.69) is 15.6 Å². The Hall–Kier alpha value is -1.62. The van der Waals surface area contributed by atoms with Gasteiger partial charge in [-0.3, -0.25) is 4.79 Å². The molecule has 20 heavy (non-hydrogen) atoms. The lowest BCUT2D eigenvalue weighted by molar-refractivity contribution is 0.0695. The molecule has 1 atom stereocenters. The van der Waals surface area contributed by atoms with Crippen molar-refractivity contribution in [3.8, 4) is 0 Å². The molecule has 1 heterocycles. The minimum atomic E-state index is -0.0900. The molecular weight excluding hydrogens is 254 g/mol. The number of pyridine rings is 1. The van der Waals surface area contributed by atoms with E-state index >= 15 is 0 Å². The van der Waals surface area contributed by atoms with Crippen molar-refractivity contribution in [2.24, 2.45) is 0 Å². The minimum Gasteiger partial charge on any atom is -0.377 e. The van der Waals surface area contributed by atoms with Crippen LogP contribution >= 0.6 is 0 Å². The number of hydrogen-bond acceptors (Lipinski definition) is 4. The molecule has 5 nitrogen and oxygen atoms in total. The first-order chi connectivity index (χ1) is 9.60. The first-order valence-electron chi connectivity index (χ1n) is 7.25. The van der Waals surface area contributed by atoms with Gasteiger partial charge < -0.3 is 15.4 Å². The molecule has 0 radical (unpaired) electrons. The Kier molecular flexibility index (Phi) is 7.01. The highest BCUT2D eigenvalue weighted by Gasteiger charge is 2.10. The first-order valence-corrected chi connectivity index (χ1v) is 7.25. The van der Waals surface area contributed by atoms with Crippen molar-refractivity contribution in [3.63, 3.8) is 0 Å². The molecule has 0 saturated heterocycles. The van der Waals surface area contributed by atoms with Gasteiger partial charge >= 0.3 is 0 Å². The number of carbonyl (C=O) groups excluding carboxylic acids is 1. The second-order valence-corrected chi connectivity index (χ2v) is 4.59. The number of amides is 1. The quantitative estimate of drug-likeness (QED) is 0.766. The summed E-state index contributed by atoms with van der Waals surface area (Å²) in [6.45, 7) is 9.85. The van der Waals surface area contributed by atoms with Crippen LogP contribution in [0, 0.1) is 0 Å². The third-order valence-corrected chi connectivity index (χ3v) is 2.86. The molecule has 0 aromatic carbocycles. The maximum absolute atomic E-state index is 12.2. The summed E-state index contributed by atoms with van der Waals surface area (Å²) in [6.07, 6.45) is 0.819. The molecule has 5 heteroatoms. The number of nitrogens with one attached hydrogen (secondary N) is 2. The van der Waals surface area contributed by atoms with Crippen LogP contribution in [-0.2, 0) is 11.2 Å². The number of carbonyl (C=O) groups is 1. The Bertz CT molecular complexity index is 435. The predicted molar refractivity (Wildman–Crippen MR) is 81.2 cm³/mol. The highest BCUT2D eigenvalue weighted by molar-refractivity contribution is 5.95. The molecule has 1 aromatic heterocycles. The van der Waals surface area contributed by atoms with Crippen LogP contribution in [0.2, 0.25) is 0 Å². The van der Waals surface area contributed by atoms with Crippen LogP contribution in [0.3, 0.4) is 0 Å². The topological polar surface area (TPSA) is 63.2 Å². The Balaban J connectivity index is 2.73. The van der Waals surface area contributed by atoms with Crippen molar-refractivity contribution in [1.82, 2.24) is 10.3 Å². The van der Waals surface area contributed by atoms with E-state index in [4.69, 9.17) is 4.74 Å². The standard InChI is InChI=1S/C15H25N3O2/c1-5-13-8-12(9-14(18-13)16-6-2)15(19)17-10-11(4)20-7-3/h8-9,11H,5-7,10H2,1-4H3,(H,16,18)(H,17,19). The second kappa shape index (κ2) is 8.53. The maximum atomic E-state index is 12.2. The van der Waals surface area contributed by atoms with E-state index < -0.39 is 0 Å². The Labute approximate surface area is 121 Å². The molecule has 1 amide bonds. The highest BCUT2D eigenvalue weighted by Crippen LogP contribution is 2.11. The number of aromatic nitrogens is 1. The van der Waals surface area contributed by atoms with E-state index in [-0.39, 0.29) is 12.0 Å². The zero-order chi connectivity index (χ0) is 15.0. The number of ether oxygens (including phenoxy) is 1. The van der Waals surface area contributed by atoms with Crippen LogP contribution in [-0.4, -0.2) is 36.7 Å². The molecule has 0 spiro atoms. The van der Waals surface area contributed by atoms with Gasteiger partial charge in [0.15, 0.2) is 0 Å². The number of rotatable bonds is 8. The van der Waals surface area contributed by atoms with Crippen LogP contribution in [0.4, 0.5) is 5.82 Å². The minimum absolute atomic E-state index is 0.0182. The Morgan fingerprint density at radius 3 is 2.70 bits per heavy atom. The van der Waals surface area contributed by atoms with Crippen molar-refractivity contribution < 1.29 is 9.53 Å². The molecule has 2 N–H and O–H groups in total. The van der Waals surface area contributed by atoms with Gasteiger partial charge in [-0.1, -0.05) is 6.92 Å². The van der Waals surface area contributed by atoms with Crippen LogP contribution in [0.15, 0.2) is 12.1 Å². The van der Waals surface area contributed by atoms with Crippen molar-refractivity contribution in [2.45, 2.75) is 40.2 Å². The van der Waals surface area contributed by atoms with E-state index in [1.165, 1.54) is 0 Å². The maximum Gasteiger partial charge on any atom is 0.251 e. The Morgan fingerprint density at radius 2 is 2.10 bits per heavy atom. The average Bonchev–Trinajstić information content (AvgIpc) is 2.45. The van der Waals surface area contributed by atoms with Crippen molar-refractivity contribution in [3.05, 3.63) is 23.4 Å². The fourth-order valence-corrected chi connectivity index (χ4v) is 1.85. The summed E-state index contributed by atoms with van der Waals surface area (Å²) in [5, 5.41) is 6.03. The van der Waals surface area contributed by atoms with Gasteiger partial charge in [0.2, 0.25) is 0 Å². The average molecular weight is 279 g/mol. The number of anilines is 1. The van der Waals surface area contributed by atoms with E-state index in [0.29, 0.717) is 18.7 Å². The molecule has 0 aliphatic heterocycles. The smallest absolute Gasteiger partial charge is 0.251 e. The van der Waals surface area contributed by atoms with Crippen LogP contribution in [0.5, 0.6) is 0 Å². The summed E-state index contributed by atoms with van der Waals surface area (Å²) in [7, 11) is 0. The second-order valence-electron chi connectivity index (χ2n) is 4.59. The fourth-order valence-electron chi connectivity index (χ4n) is 1.85. The molecular formula is C15H25N3O2. The molecule has 0 fully saturated rings. The van der Waals surface area contributed by atoms with Gasteiger partial charge in [-0.2, -0.15) is 0 Å². The van der Waals surface area contributed by atoms with E-state index in [9.17, 15) is 4.79 Å². The van der Waals surface area contributed by atoms with E-state index in [1.54, 1.807) is 6.07 Å². The summed E-state index contributed by atoms with van der Waals surface area (Å²) in [6, 6.07) is 3.62. The van der Waals surface area contributed by atoms with Gasteiger partial charge in [-0.25, -0.2) is 4.98 Å². The van der Waals surface area contributed by atoms with Gasteiger partial charge in [0.05, 0.1) is 6.10 Å². The summed E-state index contributed by atoms with van der Waals surface area (Å²) < 4.78 is 5.40. The lowest BCUT2D eigenvalue weighted by Crippen LogP contribution is -2.32. The SMILES string of the molecule is CCNc1cc(C(=O)NCC(C)OCC)cc(CC)n1. The summed E-state index contributed by atoms with van der Waals surface area (Å²) in [4.78, 5) is 16.6. The third kappa shape index (κ3) is 5.17.